The summed E-state index contributed by atoms with van der Waals surface area (Å²) in [5.74, 6) is 0.195. The molecule has 0 aliphatic rings. The Morgan fingerprint density at radius 3 is 2.62 bits per heavy atom. The monoisotopic (exact) mass is 270 g/mol. The molecule has 90 valence electrons. The minimum absolute atomic E-state index is 0.0404. The summed E-state index contributed by atoms with van der Waals surface area (Å²) < 4.78 is 24.6. The van der Waals surface area contributed by atoms with Crippen LogP contribution in [-0.2, 0) is 0 Å². The quantitative estimate of drug-likeness (QED) is 0.893. The molecule has 0 aromatic carbocycles. The third kappa shape index (κ3) is 3.73. The Kier molecular flexibility index (Phi) is 5.18. The highest BCUT2D eigenvalue weighted by atomic mass is 35.5. The van der Waals surface area contributed by atoms with Gasteiger partial charge < -0.3 is 10.0 Å². The van der Waals surface area contributed by atoms with E-state index in [0.717, 1.165) is 0 Å². The summed E-state index contributed by atoms with van der Waals surface area (Å²) in [7, 11) is 0. The predicted octanol–water partition coefficient (Wildman–Crippen LogP) is 2.45. The van der Waals surface area contributed by atoms with E-state index < -0.39 is 13.0 Å². The summed E-state index contributed by atoms with van der Waals surface area (Å²) in [6.07, 6.45) is -1.21. The standard InChI is InChI=1S/C9H10Cl2F2N2O/c10-6-3-7(11)9(14-4-6)15(1-2-16)5-8(12)13/h3-4,8,16H,1-2,5H2. The van der Waals surface area contributed by atoms with Crippen LogP contribution in [0.1, 0.15) is 0 Å². The molecular weight excluding hydrogens is 261 g/mol. The Balaban J connectivity index is 2.91. The number of aliphatic hydroxyl groups excluding tert-OH is 1. The van der Waals surface area contributed by atoms with E-state index in [4.69, 9.17) is 28.3 Å². The Morgan fingerprint density at radius 1 is 1.44 bits per heavy atom. The molecule has 16 heavy (non-hydrogen) atoms. The molecule has 3 nitrogen and oxygen atoms in total. The van der Waals surface area contributed by atoms with Crippen LogP contribution < -0.4 is 4.90 Å². The lowest BCUT2D eigenvalue weighted by atomic mass is 10.4. The van der Waals surface area contributed by atoms with E-state index >= 15 is 0 Å². The highest BCUT2D eigenvalue weighted by molar-refractivity contribution is 6.36. The molecule has 1 rings (SSSR count). The number of rotatable bonds is 5. The molecule has 0 saturated heterocycles. The molecule has 0 amide bonds. The minimum atomic E-state index is -2.53. The molecule has 0 aliphatic carbocycles. The van der Waals surface area contributed by atoms with Crippen molar-refractivity contribution in [2.45, 2.75) is 6.43 Å². The maximum Gasteiger partial charge on any atom is 0.255 e. The molecule has 1 heterocycles. The molecule has 0 radical (unpaired) electrons. The van der Waals surface area contributed by atoms with Crippen LogP contribution in [0.5, 0.6) is 0 Å². The summed E-state index contributed by atoms with van der Waals surface area (Å²) >= 11 is 11.5. The average molecular weight is 271 g/mol. The largest absolute Gasteiger partial charge is 0.395 e. The van der Waals surface area contributed by atoms with Crippen LogP contribution >= 0.6 is 23.2 Å². The van der Waals surface area contributed by atoms with Crippen molar-refractivity contribution in [3.05, 3.63) is 22.3 Å². The van der Waals surface area contributed by atoms with Gasteiger partial charge in [0.2, 0.25) is 0 Å². The van der Waals surface area contributed by atoms with Crippen molar-refractivity contribution < 1.29 is 13.9 Å². The van der Waals surface area contributed by atoms with Crippen LogP contribution in [0.2, 0.25) is 10.0 Å². The van der Waals surface area contributed by atoms with Crippen molar-refractivity contribution in [2.75, 3.05) is 24.6 Å². The summed E-state index contributed by atoms with van der Waals surface area (Å²) in [4.78, 5) is 5.08. The van der Waals surface area contributed by atoms with Crippen molar-refractivity contribution in [2.24, 2.45) is 0 Å². The van der Waals surface area contributed by atoms with Crippen LogP contribution in [0.4, 0.5) is 14.6 Å². The Hall–Kier alpha value is -0.650. The lowest BCUT2D eigenvalue weighted by Gasteiger charge is -2.23. The Morgan fingerprint density at radius 2 is 2.12 bits per heavy atom. The highest BCUT2D eigenvalue weighted by Crippen LogP contribution is 2.26. The number of aromatic nitrogens is 1. The molecule has 0 fully saturated rings. The number of hydrogen-bond acceptors (Lipinski definition) is 3. The van der Waals surface area contributed by atoms with Crippen LogP contribution in [-0.4, -0.2) is 36.2 Å². The van der Waals surface area contributed by atoms with Gasteiger partial charge in [-0.25, -0.2) is 13.8 Å². The first-order chi connectivity index (χ1) is 7.54. The second kappa shape index (κ2) is 6.18. The van der Waals surface area contributed by atoms with E-state index in [1.54, 1.807) is 0 Å². The Labute approximate surface area is 102 Å². The molecule has 7 heteroatoms. The van der Waals surface area contributed by atoms with Crippen LogP contribution in [0.15, 0.2) is 12.3 Å². The van der Waals surface area contributed by atoms with Gasteiger partial charge in [-0.15, -0.1) is 0 Å². The normalized spacial score (nSPS) is 10.9. The van der Waals surface area contributed by atoms with Gasteiger partial charge in [-0.1, -0.05) is 23.2 Å². The van der Waals surface area contributed by atoms with E-state index in [1.807, 2.05) is 0 Å². The van der Waals surface area contributed by atoms with Crippen LogP contribution in [0, 0.1) is 0 Å². The molecule has 0 saturated carbocycles. The topological polar surface area (TPSA) is 36.4 Å². The van der Waals surface area contributed by atoms with E-state index in [0.29, 0.717) is 5.02 Å². The smallest absolute Gasteiger partial charge is 0.255 e. The van der Waals surface area contributed by atoms with E-state index in [9.17, 15) is 8.78 Å². The van der Waals surface area contributed by atoms with Crippen molar-refractivity contribution in [1.29, 1.82) is 0 Å². The lowest BCUT2D eigenvalue weighted by Crippen LogP contribution is -2.32. The number of alkyl halides is 2. The first kappa shape index (κ1) is 13.4. The van der Waals surface area contributed by atoms with Crippen LogP contribution in [0.25, 0.3) is 0 Å². The summed E-state index contributed by atoms with van der Waals surface area (Å²) in [5, 5.41) is 9.28. The zero-order valence-electron chi connectivity index (χ0n) is 8.21. The van der Waals surface area contributed by atoms with Crippen molar-refractivity contribution in [3.63, 3.8) is 0 Å². The first-order valence-corrected chi connectivity index (χ1v) is 5.25. The molecule has 0 aliphatic heterocycles. The lowest BCUT2D eigenvalue weighted by molar-refractivity contribution is 0.152. The fourth-order valence-corrected chi connectivity index (χ4v) is 1.71. The maximum absolute atomic E-state index is 12.3. The second-order valence-corrected chi connectivity index (χ2v) is 3.86. The van der Waals surface area contributed by atoms with E-state index in [-0.39, 0.29) is 24.0 Å². The number of nitrogens with zero attached hydrogens (tertiary/aromatic N) is 2. The molecular formula is C9H10Cl2F2N2O. The fraction of sp³-hybridized carbons (Fsp3) is 0.444. The zero-order valence-corrected chi connectivity index (χ0v) is 9.72. The van der Waals surface area contributed by atoms with Gasteiger partial charge in [-0.2, -0.15) is 0 Å². The average Bonchev–Trinajstić information content (AvgIpc) is 2.16. The van der Waals surface area contributed by atoms with Crippen molar-refractivity contribution in [1.82, 2.24) is 4.98 Å². The number of halogens is 4. The predicted molar refractivity (Wildman–Crippen MR) is 59.6 cm³/mol. The third-order valence-corrected chi connectivity index (χ3v) is 2.30. The molecule has 0 bridgehead atoms. The summed E-state index contributed by atoms with van der Waals surface area (Å²) in [6, 6.07) is 1.42. The number of hydrogen-bond donors (Lipinski definition) is 1. The van der Waals surface area contributed by atoms with Gasteiger partial charge in [0.05, 0.1) is 23.2 Å². The van der Waals surface area contributed by atoms with Gasteiger partial charge in [-0.3, -0.25) is 0 Å². The third-order valence-electron chi connectivity index (χ3n) is 1.82. The molecule has 1 aromatic heterocycles. The zero-order chi connectivity index (χ0) is 12.1. The van der Waals surface area contributed by atoms with Gasteiger partial charge in [0.1, 0.15) is 5.82 Å². The van der Waals surface area contributed by atoms with Crippen molar-refractivity contribution >= 4 is 29.0 Å². The summed E-state index contributed by atoms with van der Waals surface area (Å²) in [5.41, 5.74) is 0. The van der Waals surface area contributed by atoms with Gasteiger partial charge >= 0.3 is 0 Å². The van der Waals surface area contributed by atoms with Gasteiger partial charge in [0.15, 0.2) is 0 Å². The fourth-order valence-electron chi connectivity index (χ4n) is 1.21. The number of pyridine rings is 1. The number of aliphatic hydroxyl groups is 1. The minimum Gasteiger partial charge on any atom is -0.395 e. The molecule has 1 aromatic rings. The van der Waals surface area contributed by atoms with E-state index in [1.165, 1.54) is 17.2 Å². The SMILES string of the molecule is OCCN(CC(F)F)c1ncc(Cl)cc1Cl. The van der Waals surface area contributed by atoms with Gasteiger partial charge in [-0.05, 0) is 6.07 Å². The van der Waals surface area contributed by atoms with E-state index in [2.05, 4.69) is 4.98 Å². The highest BCUT2D eigenvalue weighted by Gasteiger charge is 2.16. The molecule has 1 N–H and O–H groups in total. The van der Waals surface area contributed by atoms with Crippen LogP contribution in [0.3, 0.4) is 0 Å². The maximum atomic E-state index is 12.3. The molecule has 0 spiro atoms. The summed E-state index contributed by atoms with van der Waals surface area (Å²) in [6.45, 7) is -0.749. The molecule has 0 atom stereocenters. The number of anilines is 1. The molecule has 0 unspecified atom stereocenters. The van der Waals surface area contributed by atoms with Gasteiger partial charge in [0, 0.05) is 12.7 Å². The Bertz CT molecular complexity index is 352. The second-order valence-electron chi connectivity index (χ2n) is 3.02. The van der Waals surface area contributed by atoms with Gasteiger partial charge in [0.25, 0.3) is 6.43 Å². The van der Waals surface area contributed by atoms with Crippen molar-refractivity contribution in [3.8, 4) is 0 Å². The first-order valence-electron chi connectivity index (χ1n) is 4.49.